The first-order chi connectivity index (χ1) is 9.03. The smallest absolute Gasteiger partial charge is 0.105 e. The molecule has 1 atom stereocenters. The van der Waals surface area contributed by atoms with Crippen LogP contribution in [0.4, 0.5) is 5.69 Å². The molecule has 1 aliphatic rings. The summed E-state index contributed by atoms with van der Waals surface area (Å²) in [5.41, 5.74) is 2.53. The maximum Gasteiger partial charge on any atom is 0.105 e. The Morgan fingerprint density at radius 1 is 1.26 bits per heavy atom. The molecule has 1 aromatic rings. The first-order valence-corrected chi connectivity index (χ1v) is 7.87. The number of nitrogens with zero attached hydrogens (tertiary/aromatic N) is 1. The molecule has 0 radical (unpaired) electrons. The van der Waals surface area contributed by atoms with Crippen LogP contribution in [0.1, 0.15) is 19.4 Å². The van der Waals surface area contributed by atoms with E-state index in [0.29, 0.717) is 5.92 Å². The summed E-state index contributed by atoms with van der Waals surface area (Å²) in [5.74, 6) is 1.68. The van der Waals surface area contributed by atoms with E-state index in [1.54, 1.807) is 0 Å². The van der Waals surface area contributed by atoms with Gasteiger partial charge in [-0.3, -0.25) is 0 Å². The first kappa shape index (κ1) is 14.5. The highest BCUT2D eigenvalue weighted by Gasteiger charge is 2.33. The van der Waals surface area contributed by atoms with Crippen molar-refractivity contribution >= 4 is 23.5 Å². The fourth-order valence-corrected chi connectivity index (χ4v) is 3.68. The van der Waals surface area contributed by atoms with Crippen LogP contribution in [0.25, 0.3) is 6.08 Å². The Hall–Kier alpha value is -0.930. The maximum absolute atomic E-state index is 3.74. The number of hydrogen-bond acceptors (Lipinski definition) is 3. The van der Waals surface area contributed by atoms with Gasteiger partial charge in [-0.1, -0.05) is 38.1 Å². The Bertz CT molecular complexity index is 454. The molecule has 2 rings (SSSR count). The van der Waals surface area contributed by atoms with E-state index in [0.717, 1.165) is 12.3 Å². The van der Waals surface area contributed by atoms with Gasteiger partial charge in [-0.05, 0) is 37.7 Å². The topological polar surface area (TPSA) is 15.3 Å². The SMILES string of the molecule is CC(C)C1(SCCN(C)C)C=Cc2ccccc2N1. The van der Waals surface area contributed by atoms with Crippen molar-refractivity contribution in [1.82, 2.24) is 4.90 Å². The molecule has 0 saturated heterocycles. The van der Waals surface area contributed by atoms with Crippen LogP contribution in [-0.4, -0.2) is 36.2 Å². The molecule has 0 bridgehead atoms. The van der Waals surface area contributed by atoms with Crippen molar-refractivity contribution in [1.29, 1.82) is 0 Å². The molecule has 0 fully saturated rings. The van der Waals surface area contributed by atoms with Crippen LogP contribution in [-0.2, 0) is 0 Å². The molecule has 1 heterocycles. The van der Waals surface area contributed by atoms with Gasteiger partial charge in [-0.15, -0.1) is 11.8 Å². The van der Waals surface area contributed by atoms with Crippen LogP contribution in [0.3, 0.4) is 0 Å². The van der Waals surface area contributed by atoms with Gasteiger partial charge in [0.2, 0.25) is 0 Å². The lowest BCUT2D eigenvalue weighted by Gasteiger charge is -2.39. The summed E-state index contributed by atoms with van der Waals surface area (Å²) in [6.45, 7) is 5.68. The molecule has 19 heavy (non-hydrogen) atoms. The fraction of sp³-hybridized carbons (Fsp3) is 0.500. The van der Waals surface area contributed by atoms with Gasteiger partial charge in [0.25, 0.3) is 0 Å². The van der Waals surface area contributed by atoms with Crippen molar-refractivity contribution in [3.05, 3.63) is 35.9 Å². The number of para-hydroxylation sites is 1. The lowest BCUT2D eigenvalue weighted by molar-refractivity contribution is 0.436. The molecule has 0 amide bonds. The second-order valence-electron chi connectivity index (χ2n) is 5.65. The van der Waals surface area contributed by atoms with E-state index >= 15 is 0 Å². The van der Waals surface area contributed by atoms with Gasteiger partial charge in [-0.25, -0.2) is 0 Å². The summed E-state index contributed by atoms with van der Waals surface area (Å²) in [4.78, 5) is 2.26. The van der Waals surface area contributed by atoms with E-state index in [9.17, 15) is 0 Å². The van der Waals surface area contributed by atoms with E-state index in [-0.39, 0.29) is 4.87 Å². The van der Waals surface area contributed by atoms with Crippen LogP contribution in [0.15, 0.2) is 30.3 Å². The highest BCUT2D eigenvalue weighted by atomic mass is 32.2. The lowest BCUT2D eigenvalue weighted by Crippen LogP contribution is -2.40. The average Bonchev–Trinajstić information content (AvgIpc) is 2.38. The number of thioether (sulfide) groups is 1. The Morgan fingerprint density at radius 3 is 2.68 bits per heavy atom. The van der Waals surface area contributed by atoms with Crippen LogP contribution in [0, 0.1) is 5.92 Å². The number of anilines is 1. The standard InChI is InChI=1S/C16H24N2S/c1-13(2)16(19-12-11-18(3)4)10-9-14-7-5-6-8-15(14)17-16/h5-10,13,17H,11-12H2,1-4H3. The molecular weight excluding hydrogens is 252 g/mol. The van der Waals surface area contributed by atoms with Crippen LogP contribution < -0.4 is 5.32 Å². The second kappa shape index (κ2) is 6.02. The van der Waals surface area contributed by atoms with Gasteiger partial charge in [0, 0.05) is 18.0 Å². The summed E-state index contributed by atoms with van der Waals surface area (Å²) < 4.78 is 0. The summed E-state index contributed by atoms with van der Waals surface area (Å²) in [7, 11) is 4.25. The Balaban J connectivity index is 2.15. The van der Waals surface area contributed by atoms with Crippen molar-refractivity contribution in [2.24, 2.45) is 5.92 Å². The normalized spacial score (nSPS) is 21.6. The van der Waals surface area contributed by atoms with E-state index in [1.807, 2.05) is 11.8 Å². The zero-order valence-electron chi connectivity index (χ0n) is 12.3. The second-order valence-corrected chi connectivity index (χ2v) is 7.02. The Morgan fingerprint density at radius 2 is 2.00 bits per heavy atom. The number of benzene rings is 1. The van der Waals surface area contributed by atoms with Gasteiger partial charge >= 0.3 is 0 Å². The van der Waals surface area contributed by atoms with Gasteiger partial charge in [0.05, 0.1) is 0 Å². The molecule has 1 N–H and O–H groups in total. The van der Waals surface area contributed by atoms with E-state index in [1.165, 1.54) is 11.3 Å². The molecule has 1 unspecified atom stereocenters. The third-order valence-electron chi connectivity index (χ3n) is 3.54. The van der Waals surface area contributed by atoms with Crippen molar-refractivity contribution in [2.45, 2.75) is 18.7 Å². The average molecular weight is 276 g/mol. The Kier molecular flexibility index (Phi) is 4.58. The zero-order valence-corrected chi connectivity index (χ0v) is 13.1. The van der Waals surface area contributed by atoms with Crippen molar-refractivity contribution in [2.75, 3.05) is 31.7 Å². The monoisotopic (exact) mass is 276 g/mol. The van der Waals surface area contributed by atoms with E-state index in [2.05, 4.69) is 74.6 Å². The molecule has 1 aliphatic heterocycles. The highest BCUT2D eigenvalue weighted by Crippen LogP contribution is 2.40. The quantitative estimate of drug-likeness (QED) is 0.881. The minimum Gasteiger partial charge on any atom is -0.367 e. The molecule has 104 valence electrons. The Labute approximate surface area is 121 Å². The van der Waals surface area contributed by atoms with Gasteiger partial charge in [0.15, 0.2) is 0 Å². The van der Waals surface area contributed by atoms with Crippen LogP contribution in [0.2, 0.25) is 0 Å². The van der Waals surface area contributed by atoms with Crippen molar-refractivity contribution in [3.63, 3.8) is 0 Å². The summed E-state index contributed by atoms with van der Waals surface area (Å²) in [6, 6.07) is 8.52. The third-order valence-corrected chi connectivity index (χ3v) is 5.11. The lowest BCUT2D eigenvalue weighted by atomic mass is 9.97. The molecule has 0 spiro atoms. The van der Waals surface area contributed by atoms with Crippen molar-refractivity contribution < 1.29 is 0 Å². The number of fused-ring (bicyclic) bond motifs is 1. The molecular formula is C16H24N2S. The maximum atomic E-state index is 3.74. The van der Waals surface area contributed by atoms with E-state index in [4.69, 9.17) is 0 Å². The predicted molar refractivity (Wildman–Crippen MR) is 87.7 cm³/mol. The number of nitrogens with one attached hydrogen (secondary N) is 1. The molecule has 3 heteroatoms. The summed E-state index contributed by atoms with van der Waals surface area (Å²) >= 11 is 2.01. The minimum atomic E-state index is 0.0182. The summed E-state index contributed by atoms with van der Waals surface area (Å²) in [6.07, 6.45) is 4.59. The highest BCUT2D eigenvalue weighted by molar-refractivity contribution is 8.01. The van der Waals surface area contributed by atoms with Gasteiger partial charge < -0.3 is 10.2 Å². The van der Waals surface area contributed by atoms with Crippen LogP contribution in [0.5, 0.6) is 0 Å². The van der Waals surface area contributed by atoms with Crippen molar-refractivity contribution in [3.8, 4) is 0 Å². The molecule has 2 nitrogen and oxygen atoms in total. The number of hydrogen-bond donors (Lipinski definition) is 1. The largest absolute Gasteiger partial charge is 0.367 e. The predicted octanol–water partition coefficient (Wildman–Crippen LogP) is 3.77. The molecule has 1 aromatic carbocycles. The molecule has 0 aliphatic carbocycles. The zero-order chi connectivity index (χ0) is 13.9. The number of rotatable bonds is 5. The molecule has 0 aromatic heterocycles. The van der Waals surface area contributed by atoms with Crippen LogP contribution >= 0.6 is 11.8 Å². The van der Waals surface area contributed by atoms with Gasteiger partial charge in [0.1, 0.15) is 4.87 Å². The minimum absolute atomic E-state index is 0.0182. The molecule has 0 saturated carbocycles. The van der Waals surface area contributed by atoms with Gasteiger partial charge in [-0.2, -0.15) is 0 Å². The van der Waals surface area contributed by atoms with E-state index < -0.39 is 0 Å². The fourth-order valence-electron chi connectivity index (χ4n) is 2.21. The third kappa shape index (κ3) is 3.34. The first-order valence-electron chi connectivity index (χ1n) is 6.88. The summed E-state index contributed by atoms with van der Waals surface area (Å²) in [5, 5.41) is 3.74.